The number of ether oxygens (including phenoxy) is 1. The van der Waals surface area contributed by atoms with Crippen LogP contribution in [-0.4, -0.2) is 56.0 Å². The summed E-state index contributed by atoms with van der Waals surface area (Å²) in [6.45, 7) is 1.52. The molecule has 0 spiro atoms. The van der Waals surface area contributed by atoms with Gasteiger partial charge in [0.25, 0.3) is 11.5 Å². The summed E-state index contributed by atoms with van der Waals surface area (Å²) in [5, 5.41) is 7.13. The van der Waals surface area contributed by atoms with E-state index in [1.165, 1.54) is 34.9 Å². The Morgan fingerprint density at radius 2 is 2.06 bits per heavy atom. The Morgan fingerprint density at radius 1 is 1.16 bits per heavy atom. The van der Waals surface area contributed by atoms with E-state index in [1.54, 1.807) is 10.7 Å². The Bertz CT molecular complexity index is 2200. The number of benzene rings is 2. The first-order chi connectivity index (χ1) is 23.8. The molecule has 8 rings (SSSR count). The van der Waals surface area contributed by atoms with Gasteiger partial charge < -0.3 is 20.7 Å². The van der Waals surface area contributed by atoms with Crippen molar-refractivity contribution in [3.05, 3.63) is 117 Å². The number of nitrogens with zero attached hydrogens (tertiary/aromatic N) is 6. The van der Waals surface area contributed by atoms with Crippen molar-refractivity contribution in [1.82, 2.24) is 29.6 Å². The first-order valence-electron chi connectivity index (χ1n) is 16.0. The summed E-state index contributed by atoms with van der Waals surface area (Å²) in [4.78, 5) is 38.4. The molecule has 0 radical (unpaired) electrons. The lowest BCUT2D eigenvalue weighted by Crippen LogP contribution is -2.34. The van der Waals surface area contributed by atoms with Gasteiger partial charge in [-0.05, 0) is 49.1 Å². The minimum absolute atomic E-state index is 0.154. The highest BCUT2D eigenvalue weighted by Crippen LogP contribution is 2.42. The van der Waals surface area contributed by atoms with Crippen molar-refractivity contribution >= 4 is 39.1 Å². The van der Waals surface area contributed by atoms with Crippen LogP contribution >= 0.6 is 11.3 Å². The van der Waals surface area contributed by atoms with Gasteiger partial charge in [0.05, 0.1) is 35.3 Å². The predicted octanol–water partition coefficient (Wildman–Crippen LogP) is 4.51. The minimum Gasteiger partial charge on any atom is -0.379 e. The van der Waals surface area contributed by atoms with Crippen LogP contribution in [0.15, 0.2) is 84.2 Å². The number of aromatic nitrogens is 5. The fourth-order valence-corrected chi connectivity index (χ4v) is 8.11. The highest BCUT2D eigenvalue weighted by atomic mass is 32.1. The normalized spacial score (nSPS) is 21.5. The van der Waals surface area contributed by atoms with Gasteiger partial charge in [-0.2, -0.15) is 5.10 Å². The van der Waals surface area contributed by atoms with Gasteiger partial charge in [0, 0.05) is 36.3 Å². The van der Waals surface area contributed by atoms with E-state index in [2.05, 4.69) is 49.6 Å². The zero-order valence-electron chi connectivity index (χ0n) is 26.3. The van der Waals surface area contributed by atoms with Crippen molar-refractivity contribution in [2.75, 3.05) is 30.3 Å². The maximum atomic E-state index is 15.0. The van der Waals surface area contributed by atoms with Crippen LogP contribution in [-0.2, 0) is 23.3 Å². The number of fused-ring (bicyclic) bond motifs is 2. The number of anilines is 2. The molecule has 3 N–H and O–H groups in total. The lowest BCUT2D eigenvalue weighted by Gasteiger charge is -2.29. The third-order valence-electron chi connectivity index (χ3n) is 9.49. The number of hydrogen-bond acceptors (Lipinski definition) is 9. The monoisotopic (exact) mass is 682 g/mol. The number of carbonyl (C=O) groups is 1. The smallest absolute Gasteiger partial charge is 0.298 e. The number of allylic oxidation sites excluding steroid dienone is 2. The number of amides is 1. The van der Waals surface area contributed by atoms with Crippen molar-refractivity contribution in [2.24, 2.45) is 5.92 Å². The van der Waals surface area contributed by atoms with Gasteiger partial charge in [0.2, 0.25) is 0 Å². The molecule has 5 aromatic rings. The maximum Gasteiger partial charge on any atom is 0.298 e. The van der Waals surface area contributed by atoms with Crippen LogP contribution in [0.2, 0.25) is 0 Å². The van der Waals surface area contributed by atoms with E-state index >= 15 is 4.39 Å². The molecular weight excluding hydrogens is 651 g/mol. The van der Waals surface area contributed by atoms with Gasteiger partial charge in [-0.3, -0.25) is 14.2 Å². The second-order valence-corrected chi connectivity index (χ2v) is 13.6. The second-order valence-electron chi connectivity index (χ2n) is 12.6. The Kier molecular flexibility index (Phi) is 7.83. The number of nitrogen functional groups attached to an aromatic ring is 1. The van der Waals surface area contributed by atoms with E-state index in [4.69, 9.17) is 10.5 Å². The van der Waals surface area contributed by atoms with Crippen molar-refractivity contribution < 1.29 is 18.3 Å². The van der Waals surface area contributed by atoms with Crippen molar-refractivity contribution in [3.8, 4) is 5.69 Å². The van der Waals surface area contributed by atoms with Crippen molar-refractivity contribution in [3.63, 3.8) is 0 Å². The van der Waals surface area contributed by atoms with E-state index in [0.29, 0.717) is 27.3 Å². The van der Waals surface area contributed by atoms with Gasteiger partial charge in [0.15, 0.2) is 5.82 Å². The minimum atomic E-state index is -1.13. The molecule has 11 nitrogen and oxygen atoms in total. The first-order valence-corrected chi connectivity index (χ1v) is 16.8. The third-order valence-corrected chi connectivity index (χ3v) is 10.5. The molecular formula is C35H32F2N8O3S. The molecule has 2 aliphatic heterocycles. The van der Waals surface area contributed by atoms with Crippen LogP contribution in [0, 0.1) is 17.6 Å². The van der Waals surface area contributed by atoms with E-state index in [-0.39, 0.29) is 48.9 Å². The average molecular weight is 683 g/mol. The van der Waals surface area contributed by atoms with Crippen molar-refractivity contribution in [1.29, 1.82) is 0 Å². The molecule has 1 fully saturated rings. The summed E-state index contributed by atoms with van der Waals surface area (Å²) in [5.74, 6) is -2.08. The zero-order valence-corrected chi connectivity index (χ0v) is 27.1. The Morgan fingerprint density at radius 3 is 2.86 bits per heavy atom. The second kappa shape index (κ2) is 12.3. The fourth-order valence-electron chi connectivity index (χ4n) is 7.17. The van der Waals surface area contributed by atoms with Crippen LogP contribution in [0.5, 0.6) is 0 Å². The van der Waals surface area contributed by atoms with E-state index in [0.717, 1.165) is 42.5 Å². The fraction of sp³-hybridized carbons (Fsp3) is 0.286. The molecule has 5 heterocycles. The largest absolute Gasteiger partial charge is 0.379 e. The zero-order chi connectivity index (χ0) is 33.7. The molecule has 1 aliphatic carbocycles. The quantitative estimate of drug-likeness (QED) is 0.245. The van der Waals surface area contributed by atoms with E-state index in [9.17, 15) is 14.0 Å². The summed E-state index contributed by atoms with van der Waals surface area (Å²) in [6.07, 6.45) is 13.5. The molecule has 0 bridgehead atoms. The maximum absolute atomic E-state index is 15.0. The Hall–Kier alpha value is -5.21. The van der Waals surface area contributed by atoms with Crippen molar-refractivity contribution in [2.45, 2.75) is 37.5 Å². The number of carbonyl (C=O) groups excluding carboxylic acids is 1. The number of nitrogens with two attached hydrogens (primary N) is 1. The van der Waals surface area contributed by atoms with Gasteiger partial charge in [-0.15, -0.1) is 11.3 Å². The van der Waals surface area contributed by atoms with Crippen LogP contribution in [0.1, 0.15) is 33.6 Å². The summed E-state index contributed by atoms with van der Waals surface area (Å²) < 4.78 is 38.1. The molecule has 1 amide bonds. The predicted molar refractivity (Wildman–Crippen MR) is 182 cm³/mol. The van der Waals surface area contributed by atoms with E-state index < -0.39 is 22.8 Å². The topological polar surface area (TPSA) is 133 Å². The molecule has 14 heteroatoms. The number of halogens is 2. The van der Waals surface area contributed by atoms with Crippen LogP contribution in [0.4, 0.5) is 20.3 Å². The molecule has 250 valence electrons. The molecule has 3 atom stereocenters. The summed E-state index contributed by atoms with van der Waals surface area (Å²) >= 11 is 1.15. The number of hydrogen-bond donors (Lipinski definition) is 2. The summed E-state index contributed by atoms with van der Waals surface area (Å²) in [5.41, 5.74) is 8.16. The highest BCUT2D eigenvalue weighted by molar-refractivity contribution is 7.20. The highest BCUT2D eigenvalue weighted by Gasteiger charge is 2.44. The molecule has 3 aliphatic rings. The summed E-state index contributed by atoms with van der Waals surface area (Å²) in [6, 6.07) is 11.3. The average Bonchev–Trinajstić information content (AvgIpc) is 3.92. The molecule has 49 heavy (non-hydrogen) atoms. The SMILES string of the molecule is Nc1nc2sc(C(=O)NCC3COC(Cn4cncn4)(c4ccc(F)cc4F)C3)cc2n(-c2ccc3c(c2)N(C2C=CC=CC2)CC3)c1=O. The molecule has 3 unspecified atom stereocenters. The number of nitrogens with one attached hydrogen (secondary N) is 1. The summed E-state index contributed by atoms with van der Waals surface area (Å²) in [7, 11) is 0. The van der Waals surface area contributed by atoms with Crippen LogP contribution < -0.4 is 21.5 Å². The molecule has 2 aromatic carbocycles. The molecule has 0 saturated carbocycles. The van der Waals surface area contributed by atoms with Crippen LogP contribution in [0.25, 0.3) is 16.0 Å². The third kappa shape index (κ3) is 5.70. The Labute approximate surface area is 283 Å². The number of rotatable bonds is 8. The number of thiophene rings is 1. The first kappa shape index (κ1) is 31.1. The lowest BCUT2D eigenvalue weighted by molar-refractivity contribution is -0.0203. The van der Waals surface area contributed by atoms with Crippen LogP contribution in [0.3, 0.4) is 0 Å². The van der Waals surface area contributed by atoms with E-state index in [1.807, 2.05) is 18.2 Å². The van der Waals surface area contributed by atoms with Gasteiger partial charge in [0.1, 0.15) is 34.7 Å². The lowest BCUT2D eigenvalue weighted by atomic mass is 9.86. The van der Waals surface area contributed by atoms with Gasteiger partial charge in [-0.25, -0.2) is 23.4 Å². The standard InChI is InChI=1S/C35H32F2N8O3S/c36-23-7-9-26(27(37)12-23)35(18-43-20-39-19-41-43)15-21(17-48-35)16-40-32(46)30-14-29-33(49-30)42-31(38)34(47)45(29)25-8-6-22-10-11-44(28(22)13-25)24-4-2-1-3-5-24/h1-4,6-9,12-14,19-21,24H,5,10-11,15-18H2,(H2,38,42)(H,40,46). The molecule has 3 aromatic heterocycles. The molecule has 1 saturated heterocycles. The Balaban J connectivity index is 1.04. The van der Waals surface area contributed by atoms with Gasteiger partial charge >= 0.3 is 0 Å². The van der Waals surface area contributed by atoms with Gasteiger partial charge in [-0.1, -0.05) is 36.4 Å².